The molecule has 0 aliphatic rings. The van der Waals surface area contributed by atoms with E-state index in [1.165, 1.54) is 6.08 Å². The largest absolute Gasteiger partial charge is 0.379 e. The third-order valence-corrected chi connectivity index (χ3v) is 0.899. The van der Waals surface area contributed by atoms with E-state index in [1.54, 1.807) is 7.05 Å². The molecule has 0 rings (SSSR count). The highest BCUT2D eigenvalue weighted by molar-refractivity contribution is 6.68. The molecule has 0 saturated carbocycles. The van der Waals surface area contributed by atoms with Crippen LogP contribution in [-0.4, -0.2) is 12.2 Å². The zero-order chi connectivity index (χ0) is 6.57. The van der Waals surface area contributed by atoms with Crippen LogP contribution in [0.2, 0.25) is 0 Å². The summed E-state index contributed by atoms with van der Waals surface area (Å²) >= 11 is 10.5. The van der Waals surface area contributed by atoms with Gasteiger partial charge in [0, 0.05) is 13.1 Å². The van der Waals surface area contributed by atoms with Crippen LogP contribution in [0, 0.1) is 5.41 Å². The molecule has 8 heavy (non-hydrogen) atoms. The Hall–Kier alpha value is -0.210. The fraction of sp³-hybridized carbons (Fsp3) is 0.250. The van der Waals surface area contributed by atoms with Crippen molar-refractivity contribution in [2.75, 3.05) is 7.05 Å². The summed E-state index contributed by atoms with van der Waals surface area (Å²) in [5, 5.41) is 9.58. The van der Waals surface area contributed by atoms with Gasteiger partial charge >= 0.3 is 0 Å². The van der Waals surface area contributed by atoms with E-state index in [1.807, 2.05) is 0 Å². The fourth-order valence-corrected chi connectivity index (χ4v) is 0.457. The summed E-state index contributed by atoms with van der Waals surface area (Å²) in [6.45, 7) is 0. The Bertz CT molecular complexity index is 119. The van der Waals surface area contributed by atoms with Crippen LogP contribution >= 0.6 is 23.2 Å². The maximum absolute atomic E-state index is 6.69. The van der Waals surface area contributed by atoms with Crippen LogP contribution in [0.25, 0.3) is 0 Å². The smallest absolute Gasteiger partial charge is 0.123 e. The molecule has 0 aromatic carbocycles. The van der Waals surface area contributed by atoms with Crippen LogP contribution in [0.3, 0.4) is 0 Å². The molecule has 0 spiro atoms. The molecule has 0 unspecified atom stereocenters. The lowest BCUT2D eigenvalue weighted by molar-refractivity contribution is 1.08. The summed E-state index contributed by atoms with van der Waals surface area (Å²) in [4.78, 5) is 0. The third kappa shape index (κ3) is 3.96. The first-order valence-corrected chi connectivity index (χ1v) is 2.71. The van der Waals surface area contributed by atoms with Gasteiger partial charge in [-0.3, -0.25) is 5.41 Å². The van der Waals surface area contributed by atoms with Gasteiger partial charge in [-0.1, -0.05) is 23.2 Å². The molecule has 0 radical (unpaired) electrons. The molecule has 0 bridgehead atoms. The fourth-order valence-electron chi connectivity index (χ4n) is 0.183. The highest BCUT2D eigenvalue weighted by Crippen LogP contribution is 1.95. The van der Waals surface area contributed by atoms with Gasteiger partial charge in [-0.05, 0) is 0 Å². The molecule has 0 amide bonds. The van der Waals surface area contributed by atoms with E-state index in [0.29, 0.717) is 5.16 Å². The number of allylic oxidation sites excluding steroid dienone is 1. The summed E-state index contributed by atoms with van der Waals surface area (Å²) in [5.74, 6) is 0. The Morgan fingerprint density at radius 2 is 2.12 bits per heavy atom. The van der Waals surface area contributed by atoms with Crippen molar-refractivity contribution in [3.05, 3.63) is 11.2 Å². The minimum absolute atomic E-state index is 0.0793. The summed E-state index contributed by atoms with van der Waals surface area (Å²) in [7, 11) is 1.65. The van der Waals surface area contributed by atoms with Crippen LogP contribution < -0.4 is 5.32 Å². The van der Waals surface area contributed by atoms with Crippen molar-refractivity contribution >= 4 is 28.4 Å². The van der Waals surface area contributed by atoms with Crippen LogP contribution in [0.1, 0.15) is 0 Å². The monoisotopic (exact) mass is 152 g/mol. The van der Waals surface area contributed by atoms with E-state index < -0.39 is 0 Å². The summed E-state index contributed by atoms with van der Waals surface area (Å²) in [5.41, 5.74) is 0. The quantitative estimate of drug-likeness (QED) is 0.457. The molecule has 0 aromatic heterocycles. The summed E-state index contributed by atoms with van der Waals surface area (Å²) in [6.07, 6.45) is 1.31. The number of hydrogen-bond donors (Lipinski definition) is 2. The van der Waals surface area contributed by atoms with E-state index in [0.717, 1.165) is 0 Å². The first-order chi connectivity index (χ1) is 3.66. The predicted octanol–water partition coefficient (Wildman–Crippen LogP) is 1.50. The molecule has 0 atom stereocenters. The normalized spacial score (nSPS) is 11.1. The van der Waals surface area contributed by atoms with Crippen molar-refractivity contribution in [1.82, 2.24) is 5.32 Å². The van der Waals surface area contributed by atoms with Gasteiger partial charge in [0.1, 0.15) is 10.3 Å². The Labute approximate surface area is 58.0 Å². The van der Waals surface area contributed by atoms with Gasteiger partial charge in [-0.25, -0.2) is 0 Å². The van der Waals surface area contributed by atoms with Gasteiger partial charge in [0.25, 0.3) is 0 Å². The highest BCUT2D eigenvalue weighted by Gasteiger charge is 1.85. The standard InChI is InChI=1S/C4H6Cl2N2/c1-8-4(6)2-3(5)7/h2,7-8H,1H3/b4-2-,7-3?. The second-order valence-electron chi connectivity index (χ2n) is 1.09. The second-order valence-corrected chi connectivity index (χ2v) is 1.90. The lowest BCUT2D eigenvalue weighted by Gasteiger charge is -1.90. The molecule has 0 aromatic rings. The van der Waals surface area contributed by atoms with Crippen LogP contribution in [-0.2, 0) is 0 Å². The van der Waals surface area contributed by atoms with Gasteiger partial charge in [-0.2, -0.15) is 0 Å². The highest BCUT2D eigenvalue weighted by atomic mass is 35.5. The zero-order valence-electron chi connectivity index (χ0n) is 4.33. The van der Waals surface area contributed by atoms with Crippen LogP contribution in [0.4, 0.5) is 0 Å². The molecule has 2 nitrogen and oxygen atoms in total. The minimum atomic E-state index is -0.0793. The molecule has 0 aliphatic carbocycles. The molecule has 4 heteroatoms. The van der Waals surface area contributed by atoms with Crippen molar-refractivity contribution in [2.24, 2.45) is 0 Å². The Kier molecular flexibility index (Phi) is 3.65. The molecule has 0 saturated heterocycles. The maximum Gasteiger partial charge on any atom is 0.123 e. The van der Waals surface area contributed by atoms with E-state index in [2.05, 4.69) is 5.32 Å². The average molecular weight is 153 g/mol. The van der Waals surface area contributed by atoms with Crippen molar-refractivity contribution in [3.8, 4) is 0 Å². The maximum atomic E-state index is 6.69. The Morgan fingerprint density at radius 1 is 1.62 bits per heavy atom. The molecule has 0 aliphatic heterocycles. The first kappa shape index (κ1) is 7.79. The zero-order valence-corrected chi connectivity index (χ0v) is 5.85. The van der Waals surface area contributed by atoms with Crippen molar-refractivity contribution < 1.29 is 0 Å². The lowest BCUT2D eigenvalue weighted by atomic mass is 10.6. The van der Waals surface area contributed by atoms with Crippen LogP contribution in [0.15, 0.2) is 11.2 Å². The Morgan fingerprint density at radius 3 is 2.25 bits per heavy atom. The van der Waals surface area contributed by atoms with E-state index in [4.69, 9.17) is 28.6 Å². The molecular formula is C4H6Cl2N2. The van der Waals surface area contributed by atoms with Crippen molar-refractivity contribution in [2.45, 2.75) is 0 Å². The average Bonchev–Trinajstić information content (AvgIpc) is 1.65. The SMILES string of the molecule is CN/C(Cl)=C\C(=N)Cl. The Balaban J connectivity index is 3.75. The van der Waals surface area contributed by atoms with Gasteiger partial charge in [0.15, 0.2) is 0 Å². The lowest BCUT2D eigenvalue weighted by Crippen LogP contribution is -1.99. The third-order valence-electron chi connectivity index (χ3n) is 0.492. The first-order valence-electron chi connectivity index (χ1n) is 1.96. The number of nitrogens with one attached hydrogen (secondary N) is 2. The van der Waals surface area contributed by atoms with Gasteiger partial charge in [-0.15, -0.1) is 0 Å². The van der Waals surface area contributed by atoms with E-state index in [9.17, 15) is 0 Å². The van der Waals surface area contributed by atoms with Gasteiger partial charge in [0.2, 0.25) is 0 Å². The molecule has 46 valence electrons. The predicted molar refractivity (Wildman–Crippen MR) is 36.6 cm³/mol. The van der Waals surface area contributed by atoms with E-state index >= 15 is 0 Å². The van der Waals surface area contributed by atoms with Crippen LogP contribution in [0.5, 0.6) is 0 Å². The molecule has 0 heterocycles. The second kappa shape index (κ2) is 3.75. The molecule has 2 N–H and O–H groups in total. The number of rotatable bonds is 2. The number of halogens is 2. The van der Waals surface area contributed by atoms with Crippen molar-refractivity contribution in [3.63, 3.8) is 0 Å². The van der Waals surface area contributed by atoms with Crippen molar-refractivity contribution in [1.29, 1.82) is 5.41 Å². The van der Waals surface area contributed by atoms with E-state index in [-0.39, 0.29) is 5.17 Å². The summed E-state index contributed by atoms with van der Waals surface area (Å²) < 4.78 is 0. The number of hydrogen-bond acceptors (Lipinski definition) is 2. The topological polar surface area (TPSA) is 35.9 Å². The van der Waals surface area contributed by atoms with Gasteiger partial charge in [0.05, 0.1) is 0 Å². The molecule has 0 fully saturated rings. The molecular weight excluding hydrogens is 147 g/mol. The van der Waals surface area contributed by atoms with Gasteiger partial charge < -0.3 is 5.32 Å². The summed E-state index contributed by atoms with van der Waals surface area (Å²) in [6, 6.07) is 0. The minimum Gasteiger partial charge on any atom is -0.379 e.